The lowest BCUT2D eigenvalue weighted by molar-refractivity contribution is 0.0836. The van der Waals surface area contributed by atoms with E-state index in [1.54, 1.807) is 23.6 Å². The van der Waals surface area contributed by atoms with Crippen LogP contribution < -0.4 is 5.32 Å². The molecule has 2 aromatic heterocycles. The van der Waals surface area contributed by atoms with Crippen LogP contribution in [-0.4, -0.2) is 60.7 Å². The fourth-order valence-electron chi connectivity index (χ4n) is 2.66. The molecular weight excluding hydrogens is 382 g/mol. The molecule has 0 bridgehead atoms. The molecule has 11 heteroatoms. The Kier molecular flexibility index (Phi) is 4.78. The molecule has 3 heterocycles. The lowest BCUT2D eigenvalue weighted by Crippen LogP contribution is -2.48. The number of furan rings is 1. The highest BCUT2D eigenvalue weighted by Crippen LogP contribution is 2.32. The van der Waals surface area contributed by atoms with Gasteiger partial charge in [0.05, 0.1) is 38.4 Å². The topological polar surface area (TPSA) is 120 Å². The number of nitrogens with zero attached hydrogens (tertiary/aromatic N) is 2. The van der Waals surface area contributed by atoms with Crippen molar-refractivity contribution >= 4 is 33.4 Å². The molecule has 2 N–H and O–H groups in total. The number of imide groups is 1. The van der Waals surface area contributed by atoms with Crippen LogP contribution in [0.25, 0.3) is 0 Å². The van der Waals surface area contributed by atoms with Crippen molar-refractivity contribution in [1.29, 1.82) is 0 Å². The number of thiophene rings is 1. The van der Waals surface area contributed by atoms with Crippen LogP contribution >= 0.6 is 11.3 Å². The Morgan fingerprint density at radius 2 is 2.19 bits per heavy atom. The second-order valence-electron chi connectivity index (χ2n) is 5.78. The molecule has 0 saturated carbocycles. The van der Waals surface area contributed by atoms with Gasteiger partial charge in [0.15, 0.2) is 0 Å². The summed E-state index contributed by atoms with van der Waals surface area (Å²) in [5, 5.41) is 15.4. The maximum Gasteiger partial charge on any atom is 0.341 e. The Balaban J connectivity index is 1.75. The number of urea groups is 2. The summed E-state index contributed by atoms with van der Waals surface area (Å²) in [7, 11) is -3.73. The minimum absolute atomic E-state index is 0.0547. The molecule has 1 saturated heterocycles. The Bertz CT molecular complexity index is 858. The van der Waals surface area contributed by atoms with E-state index < -0.39 is 27.7 Å². The summed E-state index contributed by atoms with van der Waals surface area (Å²) in [6.07, 6.45) is 3.68. The Labute approximate surface area is 153 Å². The minimum Gasteiger partial charge on any atom is -0.472 e. The fraction of sp³-hybridized carbons (Fsp3) is 0.333. The number of hydrogen-bond acceptors (Lipinski definition) is 7. The number of nitrogens with one attached hydrogen (secondary N) is 1. The van der Waals surface area contributed by atoms with Crippen molar-refractivity contribution in [2.75, 3.05) is 25.9 Å². The van der Waals surface area contributed by atoms with Crippen LogP contribution in [0.15, 0.2) is 40.5 Å². The average molecular weight is 399 g/mol. The van der Waals surface area contributed by atoms with E-state index in [-0.39, 0.29) is 19.6 Å². The third kappa shape index (κ3) is 3.32. The number of amides is 4. The van der Waals surface area contributed by atoms with Crippen LogP contribution in [0.2, 0.25) is 0 Å². The van der Waals surface area contributed by atoms with E-state index in [0.717, 1.165) is 11.2 Å². The van der Waals surface area contributed by atoms with Crippen LogP contribution in [0.1, 0.15) is 10.4 Å². The van der Waals surface area contributed by atoms with Crippen molar-refractivity contribution in [2.45, 2.75) is 5.60 Å². The van der Waals surface area contributed by atoms with Gasteiger partial charge >= 0.3 is 12.1 Å². The highest BCUT2D eigenvalue weighted by Gasteiger charge is 2.40. The van der Waals surface area contributed by atoms with Crippen molar-refractivity contribution in [3.8, 4) is 0 Å². The van der Waals surface area contributed by atoms with Gasteiger partial charge in [0.25, 0.3) is 0 Å². The number of sulfonamides is 1. The van der Waals surface area contributed by atoms with E-state index in [1.165, 1.54) is 23.9 Å². The van der Waals surface area contributed by atoms with Gasteiger partial charge in [-0.25, -0.2) is 27.2 Å². The van der Waals surface area contributed by atoms with Gasteiger partial charge in [0.1, 0.15) is 5.60 Å². The zero-order chi connectivity index (χ0) is 18.9. The second kappa shape index (κ2) is 6.74. The van der Waals surface area contributed by atoms with E-state index in [9.17, 15) is 23.1 Å². The van der Waals surface area contributed by atoms with Crippen molar-refractivity contribution < 1.29 is 27.5 Å². The maximum atomic E-state index is 12.4. The summed E-state index contributed by atoms with van der Waals surface area (Å²) < 4.78 is 28.7. The van der Waals surface area contributed by atoms with Crippen LogP contribution in [0, 0.1) is 0 Å². The summed E-state index contributed by atoms with van der Waals surface area (Å²) in [4.78, 5) is 25.9. The normalized spacial score (nSPS) is 17.4. The Hall–Kier alpha value is -2.37. The smallest absolute Gasteiger partial charge is 0.341 e. The molecule has 0 aliphatic carbocycles. The largest absolute Gasteiger partial charge is 0.472 e. The quantitative estimate of drug-likeness (QED) is 0.773. The van der Waals surface area contributed by atoms with Crippen LogP contribution in [0.3, 0.4) is 0 Å². The number of aliphatic hydroxyl groups is 1. The van der Waals surface area contributed by atoms with Gasteiger partial charge in [0.2, 0.25) is 10.0 Å². The molecule has 0 aromatic carbocycles. The average Bonchev–Trinajstić information content (AvgIpc) is 3.31. The Morgan fingerprint density at radius 3 is 2.73 bits per heavy atom. The molecule has 0 unspecified atom stereocenters. The van der Waals surface area contributed by atoms with Gasteiger partial charge in [-0.1, -0.05) is 6.07 Å². The second-order valence-corrected chi connectivity index (χ2v) is 8.63. The van der Waals surface area contributed by atoms with Crippen LogP contribution in [0.5, 0.6) is 0 Å². The van der Waals surface area contributed by atoms with Gasteiger partial charge in [-0.05, 0) is 17.5 Å². The molecular formula is C15H17N3O6S2. The number of rotatable bonds is 5. The van der Waals surface area contributed by atoms with Crippen molar-refractivity contribution in [2.24, 2.45) is 0 Å². The van der Waals surface area contributed by atoms with Crippen LogP contribution in [0.4, 0.5) is 9.59 Å². The first-order chi connectivity index (χ1) is 12.2. The zero-order valence-corrected chi connectivity index (χ0v) is 15.4. The first kappa shape index (κ1) is 18.4. The summed E-state index contributed by atoms with van der Waals surface area (Å²) in [6.45, 7) is -0.364. The van der Waals surface area contributed by atoms with Gasteiger partial charge in [0, 0.05) is 10.4 Å². The number of hydrogen-bond donors (Lipinski definition) is 2. The van der Waals surface area contributed by atoms with E-state index >= 15 is 0 Å². The molecule has 1 atom stereocenters. The number of carbonyl (C=O) groups is 2. The third-order valence-electron chi connectivity index (χ3n) is 4.04. The highest BCUT2D eigenvalue weighted by atomic mass is 32.2. The van der Waals surface area contributed by atoms with E-state index in [4.69, 9.17) is 4.42 Å². The molecule has 1 aliphatic rings. The van der Waals surface area contributed by atoms with E-state index in [2.05, 4.69) is 5.32 Å². The first-order valence-corrected chi connectivity index (χ1v) is 10.3. The molecule has 140 valence electrons. The van der Waals surface area contributed by atoms with Gasteiger partial charge in [-0.3, -0.25) is 0 Å². The molecule has 1 aliphatic heterocycles. The molecule has 4 amide bonds. The predicted molar refractivity (Wildman–Crippen MR) is 93.1 cm³/mol. The van der Waals surface area contributed by atoms with Gasteiger partial charge in [-0.15, -0.1) is 11.3 Å². The first-order valence-electron chi connectivity index (χ1n) is 7.59. The maximum absolute atomic E-state index is 12.4. The molecule has 3 rings (SSSR count). The van der Waals surface area contributed by atoms with E-state index in [0.29, 0.717) is 14.7 Å². The highest BCUT2D eigenvalue weighted by molar-refractivity contribution is 7.88. The van der Waals surface area contributed by atoms with Crippen molar-refractivity contribution in [3.05, 3.63) is 46.5 Å². The number of carbonyl (C=O) groups excluding carboxylic acids is 2. The molecule has 2 aromatic rings. The summed E-state index contributed by atoms with van der Waals surface area (Å²) in [6, 6.07) is 3.38. The van der Waals surface area contributed by atoms with Crippen molar-refractivity contribution in [3.63, 3.8) is 0 Å². The summed E-state index contributed by atoms with van der Waals surface area (Å²) in [5.74, 6) is 0. The van der Waals surface area contributed by atoms with Crippen LogP contribution in [-0.2, 0) is 15.6 Å². The lowest BCUT2D eigenvalue weighted by atomic mass is 9.94. The van der Waals surface area contributed by atoms with E-state index in [1.807, 2.05) is 0 Å². The Morgan fingerprint density at radius 1 is 1.42 bits per heavy atom. The standard InChI is InChI=1S/C15H17N3O6S2/c1-26(22,23)18-6-5-17(14(18)20)13(19)16-10-15(21,11-4-7-24-9-11)12-3-2-8-25-12/h2-4,7-9,21H,5-6,10H2,1H3,(H,16,19)/t15-/m1/s1. The molecule has 0 spiro atoms. The van der Waals surface area contributed by atoms with Gasteiger partial charge < -0.3 is 14.8 Å². The van der Waals surface area contributed by atoms with Crippen molar-refractivity contribution in [1.82, 2.24) is 14.5 Å². The summed E-state index contributed by atoms with van der Waals surface area (Å²) in [5.41, 5.74) is -1.08. The molecule has 1 fully saturated rings. The molecule has 9 nitrogen and oxygen atoms in total. The lowest BCUT2D eigenvalue weighted by Gasteiger charge is -2.27. The fourth-order valence-corrected chi connectivity index (χ4v) is 4.30. The monoisotopic (exact) mass is 399 g/mol. The minimum atomic E-state index is -3.73. The third-order valence-corrected chi connectivity index (χ3v) is 6.20. The molecule has 0 radical (unpaired) electrons. The summed E-state index contributed by atoms with van der Waals surface area (Å²) >= 11 is 1.31. The molecule has 26 heavy (non-hydrogen) atoms. The van der Waals surface area contributed by atoms with Gasteiger partial charge in [-0.2, -0.15) is 0 Å². The predicted octanol–water partition coefficient (Wildman–Crippen LogP) is 0.984. The SMILES string of the molecule is CS(=O)(=O)N1CCN(C(=O)NC[C@@](O)(c2ccoc2)c2cccs2)C1=O. The zero-order valence-electron chi connectivity index (χ0n) is 13.8.